The van der Waals surface area contributed by atoms with E-state index in [0.29, 0.717) is 50.0 Å². The summed E-state index contributed by atoms with van der Waals surface area (Å²) in [6.07, 6.45) is -0.296. The summed E-state index contributed by atoms with van der Waals surface area (Å²) in [7, 11) is -2.06. The Labute approximate surface area is 193 Å². The van der Waals surface area contributed by atoms with Crippen molar-refractivity contribution in [1.29, 1.82) is 0 Å². The number of piperazine rings is 1. The third kappa shape index (κ3) is 4.80. The molecule has 12 heteroatoms. The zero-order chi connectivity index (χ0) is 23.8. The van der Waals surface area contributed by atoms with E-state index in [0.717, 1.165) is 0 Å². The Kier molecular flexibility index (Phi) is 6.82. The lowest BCUT2D eigenvalue weighted by molar-refractivity contribution is -0.0458. The van der Waals surface area contributed by atoms with E-state index in [2.05, 4.69) is 10.4 Å². The number of amides is 1. The molecule has 1 aromatic carbocycles. The second-order valence-electron chi connectivity index (χ2n) is 8.52. The van der Waals surface area contributed by atoms with Gasteiger partial charge in [-0.15, -0.1) is 0 Å². The molecule has 1 amide bonds. The molecule has 3 heterocycles. The van der Waals surface area contributed by atoms with Crippen molar-refractivity contribution in [2.75, 3.05) is 46.3 Å². The average molecular weight is 479 g/mol. The molecule has 2 aliphatic heterocycles. The number of fused-ring (bicyclic) bond motifs is 1. The van der Waals surface area contributed by atoms with Gasteiger partial charge in [0.25, 0.3) is 21.7 Å². The lowest BCUT2D eigenvalue weighted by Crippen LogP contribution is -2.57. The summed E-state index contributed by atoms with van der Waals surface area (Å²) >= 11 is 0. The maximum absolute atomic E-state index is 13.1. The Morgan fingerprint density at radius 1 is 1.06 bits per heavy atom. The first-order valence-electron chi connectivity index (χ1n) is 11.1. The Hall–Kier alpha value is -2.38. The normalized spacial score (nSPS) is 23.6. The lowest BCUT2D eigenvalue weighted by atomic mass is 10.1. The fourth-order valence-corrected chi connectivity index (χ4v) is 6.14. The molecule has 0 saturated carbocycles. The molecule has 2 aromatic rings. The summed E-state index contributed by atoms with van der Waals surface area (Å²) in [5.74, 6) is -0.371. The number of benzene rings is 1. The van der Waals surface area contributed by atoms with E-state index in [1.807, 2.05) is 18.7 Å². The molecule has 0 unspecified atom stereocenters. The van der Waals surface area contributed by atoms with Gasteiger partial charge >= 0.3 is 0 Å². The van der Waals surface area contributed by atoms with Gasteiger partial charge in [-0.25, -0.2) is 4.68 Å². The van der Waals surface area contributed by atoms with E-state index in [9.17, 15) is 18.0 Å². The first-order chi connectivity index (χ1) is 15.7. The molecule has 2 fully saturated rings. The van der Waals surface area contributed by atoms with Crippen molar-refractivity contribution in [3.63, 3.8) is 0 Å². The van der Waals surface area contributed by atoms with Crippen molar-refractivity contribution < 1.29 is 17.9 Å². The monoisotopic (exact) mass is 478 g/mol. The van der Waals surface area contributed by atoms with Gasteiger partial charge in [0.05, 0.1) is 24.3 Å². The molecule has 0 radical (unpaired) electrons. The number of nitrogens with zero attached hydrogens (tertiary/aromatic N) is 5. The van der Waals surface area contributed by atoms with E-state index >= 15 is 0 Å². The van der Waals surface area contributed by atoms with Crippen LogP contribution in [0.2, 0.25) is 0 Å². The molecule has 2 saturated heterocycles. The van der Waals surface area contributed by atoms with Crippen molar-refractivity contribution in [3.8, 4) is 0 Å². The van der Waals surface area contributed by atoms with Gasteiger partial charge in [-0.1, -0.05) is 18.2 Å². The largest absolute Gasteiger partial charge is 0.373 e. The Balaban J connectivity index is 1.49. The van der Waals surface area contributed by atoms with Crippen LogP contribution in [0, 0.1) is 0 Å². The van der Waals surface area contributed by atoms with Crippen molar-refractivity contribution in [3.05, 3.63) is 40.3 Å². The van der Waals surface area contributed by atoms with Crippen LogP contribution in [0.1, 0.15) is 24.3 Å². The molecular weight excluding hydrogens is 448 g/mol. The highest BCUT2D eigenvalue weighted by molar-refractivity contribution is 7.86. The van der Waals surface area contributed by atoms with Crippen molar-refractivity contribution in [2.24, 2.45) is 0 Å². The molecule has 1 aromatic heterocycles. The summed E-state index contributed by atoms with van der Waals surface area (Å²) in [5.41, 5.74) is -0.103. The molecule has 33 heavy (non-hydrogen) atoms. The van der Waals surface area contributed by atoms with E-state index in [4.69, 9.17) is 4.74 Å². The number of hydrogen-bond acceptors (Lipinski definition) is 7. The smallest absolute Gasteiger partial charge is 0.282 e. The van der Waals surface area contributed by atoms with Gasteiger partial charge in [0.1, 0.15) is 0 Å². The number of rotatable bonds is 5. The maximum Gasteiger partial charge on any atom is 0.282 e. The average Bonchev–Trinajstić information content (AvgIpc) is 2.80. The summed E-state index contributed by atoms with van der Waals surface area (Å²) in [6.45, 7) is 6.12. The molecule has 0 bridgehead atoms. The SMILES string of the molecule is CNC(=O)c1nn(CN2CCN(S(=O)(=O)N3C[C@@H](C)O[C@H](C)C3)CC2)c(=O)c2ccccc12. The van der Waals surface area contributed by atoms with E-state index < -0.39 is 10.2 Å². The molecule has 2 atom stereocenters. The highest BCUT2D eigenvalue weighted by atomic mass is 32.2. The van der Waals surface area contributed by atoms with Crippen molar-refractivity contribution in [2.45, 2.75) is 32.7 Å². The molecule has 11 nitrogen and oxygen atoms in total. The van der Waals surface area contributed by atoms with Gasteiger partial charge in [-0.05, 0) is 19.9 Å². The van der Waals surface area contributed by atoms with Crippen molar-refractivity contribution in [1.82, 2.24) is 28.6 Å². The predicted octanol–water partition coefficient (Wildman–Crippen LogP) is -0.315. The molecule has 180 valence electrons. The highest BCUT2D eigenvalue weighted by Crippen LogP contribution is 2.19. The number of ether oxygens (including phenoxy) is 1. The second-order valence-corrected chi connectivity index (χ2v) is 10.4. The number of hydrogen-bond donors (Lipinski definition) is 1. The zero-order valence-electron chi connectivity index (χ0n) is 19.1. The minimum absolute atomic E-state index is 0.148. The minimum atomic E-state index is -3.58. The summed E-state index contributed by atoms with van der Waals surface area (Å²) in [6, 6.07) is 6.89. The van der Waals surface area contributed by atoms with Crippen LogP contribution in [-0.2, 0) is 21.6 Å². The second kappa shape index (κ2) is 9.47. The van der Waals surface area contributed by atoms with Crippen LogP contribution in [-0.4, -0.2) is 96.1 Å². The van der Waals surface area contributed by atoms with Gasteiger partial charge in [0, 0.05) is 51.7 Å². The number of morpholine rings is 1. The quantitative estimate of drug-likeness (QED) is 0.626. The molecule has 0 spiro atoms. The third-order valence-electron chi connectivity index (χ3n) is 6.01. The first-order valence-corrected chi connectivity index (χ1v) is 12.5. The number of carbonyl (C=O) groups is 1. The van der Waals surface area contributed by atoms with E-state index in [1.165, 1.54) is 20.3 Å². The summed E-state index contributed by atoms with van der Waals surface area (Å²) in [4.78, 5) is 27.3. The van der Waals surface area contributed by atoms with Gasteiger partial charge in [-0.3, -0.25) is 14.5 Å². The Morgan fingerprint density at radius 2 is 1.67 bits per heavy atom. The number of aromatic nitrogens is 2. The van der Waals surface area contributed by atoms with Crippen molar-refractivity contribution >= 4 is 26.9 Å². The number of carbonyl (C=O) groups excluding carboxylic acids is 1. The van der Waals surface area contributed by atoms with E-state index in [-0.39, 0.29) is 36.0 Å². The Bertz CT molecular complexity index is 1180. The minimum Gasteiger partial charge on any atom is -0.373 e. The molecule has 0 aliphatic carbocycles. The van der Waals surface area contributed by atoms with Crippen LogP contribution < -0.4 is 10.9 Å². The van der Waals surface area contributed by atoms with E-state index in [1.54, 1.807) is 24.3 Å². The van der Waals surface area contributed by atoms with Gasteiger partial charge in [0.2, 0.25) is 0 Å². The predicted molar refractivity (Wildman–Crippen MR) is 123 cm³/mol. The summed E-state index contributed by atoms with van der Waals surface area (Å²) in [5, 5.41) is 7.81. The Morgan fingerprint density at radius 3 is 2.27 bits per heavy atom. The maximum atomic E-state index is 13.1. The van der Waals surface area contributed by atoms with Crippen LogP contribution in [0.15, 0.2) is 29.1 Å². The fourth-order valence-electron chi connectivity index (χ4n) is 4.39. The van der Waals surface area contributed by atoms with Crippen LogP contribution >= 0.6 is 0 Å². The van der Waals surface area contributed by atoms with Crippen LogP contribution in [0.4, 0.5) is 0 Å². The van der Waals surface area contributed by atoms with Gasteiger partial charge in [0.15, 0.2) is 5.69 Å². The standard InChI is InChI=1S/C21H30N6O5S/c1-15-12-26(13-16(2)32-15)33(30,31)25-10-8-24(9-11-25)14-27-21(29)18-7-5-4-6-17(18)19(23-27)20(28)22-3/h4-7,15-16H,8-14H2,1-3H3,(H,22,28)/t15-,16-/m1/s1. The number of nitrogens with one attached hydrogen (secondary N) is 1. The first kappa shape index (κ1) is 23.8. The molecule has 4 rings (SSSR count). The van der Waals surface area contributed by atoms with Crippen LogP contribution in [0.3, 0.4) is 0 Å². The summed E-state index contributed by atoms with van der Waals surface area (Å²) < 4.78 is 36.1. The zero-order valence-corrected chi connectivity index (χ0v) is 19.9. The topological polar surface area (TPSA) is 117 Å². The van der Waals surface area contributed by atoms with Gasteiger partial charge in [-0.2, -0.15) is 22.1 Å². The van der Waals surface area contributed by atoms with Crippen LogP contribution in [0.5, 0.6) is 0 Å². The van der Waals surface area contributed by atoms with Gasteiger partial charge < -0.3 is 10.1 Å². The molecule has 2 aliphatic rings. The lowest BCUT2D eigenvalue weighted by Gasteiger charge is -2.40. The highest BCUT2D eigenvalue weighted by Gasteiger charge is 2.36. The third-order valence-corrected chi connectivity index (χ3v) is 7.98. The molecular formula is C21H30N6O5S. The van der Waals surface area contributed by atoms with Crippen LogP contribution in [0.25, 0.3) is 10.8 Å². The molecule has 1 N–H and O–H groups in total. The fraction of sp³-hybridized carbons (Fsp3) is 0.571.